The maximum atomic E-state index is 13.8. The molecule has 11 nitrogen and oxygen atoms in total. The van der Waals surface area contributed by atoms with Gasteiger partial charge in [-0.25, -0.2) is 13.9 Å². The number of imide groups is 1. The van der Waals surface area contributed by atoms with Gasteiger partial charge in [-0.05, 0) is 56.0 Å². The Kier molecular flexibility index (Phi) is 9.51. The summed E-state index contributed by atoms with van der Waals surface area (Å²) >= 11 is 10.8. The summed E-state index contributed by atoms with van der Waals surface area (Å²) in [6, 6.07) is 7.21. The average Bonchev–Trinajstić information content (AvgIpc) is 3.16. The molecule has 4 rings (SSSR count). The molecule has 0 aromatic heterocycles. The number of carbonyl (C=O) groups is 4. The smallest absolute Gasteiger partial charge is 0.418 e. The van der Waals surface area contributed by atoms with Crippen LogP contribution in [0, 0.1) is 5.41 Å². The van der Waals surface area contributed by atoms with Crippen LogP contribution in [0.1, 0.15) is 52.9 Å². The van der Waals surface area contributed by atoms with Crippen molar-refractivity contribution in [3.63, 3.8) is 0 Å². The van der Waals surface area contributed by atoms with Gasteiger partial charge in [-0.15, -0.1) is 0 Å². The molecule has 1 heterocycles. The molecule has 2 unspecified atom stereocenters. The number of nitrogens with one attached hydrogen (secondary N) is 2. The molecule has 0 radical (unpaired) electrons. The number of benzene rings is 2. The number of anilines is 2. The van der Waals surface area contributed by atoms with Gasteiger partial charge in [0.15, 0.2) is 23.2 Å². The van der Waals surface area contributed by atoms with Crippen molar-refractivity contribution in [3.05, 3.63) is 46.4 Å². The lowest BCUT2D eigenvalue weighted by molar-refractivity contribution is -0.147. The van der Waals surface area contributed by atoms with Crippen LogP contribution in [0.4, 0.5) is 16.2 Å². The summed E-state index contributed by atoms with van der Waals surface area (Å²) in [6.07, 6.45) is 1.88. The Balaban J connectivity index is 1.65. The van der Waals surface area contributed by atoms with Gasteiger partial charge in [-0.2, -0.15) is 0 Å². The standard InChI is InChI=1S/C28H31Cl2N3O8S/c1-27(2,3)23(34)22(33-25(36)28(41-26(33)37)12-6-5-7-13-28)24(35)31-20-14-18(29)19(30)15-21(20)40-17-10-8-16(9-11-17)32-42(38)39-4/h8-11,14-15,22,32H,5-7,12-13H2,1-4H3,(H,31,35). The molecule has 42 heavy (non-hydrogen) atoms. The summed E-state index contributed by atoms with van der Waals surface area (Å²) in [5.74, 6) is -1.91. The van der Waals surface area contributed by atoms with Crippen LogP contribution in [0.25, 0.3) is 0 Å². The lowest BCUT2D eigenvalue weighted by Gasteiger charge is -2.31. The van der Waals surface area contributed by atoms with Crippen molar-refractivity contribution >= 4 is 69.5 Å². The molecule has 1 saturated heterocycles. The van der Waals surface area contributed by atoms with Gasteiger partial charge in [0.05, 0.1) is 22.8 Å². The Labute approximate surface area is 255 Å². The summed E-state index contributed by atoms with van der Waals surface area (Å²) in [6.45, 7) is 4.77. The van der Waals surface area contributed by atoms with Crippen molar-refractivity contribution in [2.45, 2.75) is 64.5 Å². The van der Waals surface area contributed by atoms with Gasteiger partial charge >= 0.3 is 6.09 Å². The van der Waals surface area contributed by atoms with Crippen LogP contribution in [-0.2, 0) is 34.6 Å². The Bertz CT molecular complexity index is 1420. The van der Waals surface area contributed by atoms with Crippen molar-refractivity contribution in [1.29, 1.82) is 0 Å². The van der Waals surface area contributed by atoms with E-state index in [2.05, 4.69) is 14.2 Å². The van der Waals surface area contributed by atoms with E-state index >= 15 is 0 Å². The predicted molar refractivity (Wildman–Crippen MR) is 158 cm³/mol. The van der Waals surface area contributed by atoms with Crippen molar-refractivity contribution in [1.82, 2.24) is 4.90 Å². The highest BCUT2D eigenvalue weighted by Crippen LogP contribution is 2.41. The number of Topliss-reactive ketones (excluding diaryl/α,β-unsaturated/α-hetero) is 1. The largest absolute Gasteiger partial charge is 0.455 e. The summed E-state index contributed by atoms with van der Waals surface area (Å²) in [4.78, 5) is 54.7. The Hall–Kier alpha value is -3.19. The lowest BCUT2D eigenvalue weighted by atomic mass is 9.82. The van der Waals surface area contributed by atoms with E-state index in [0.29, 0.717) is 42.0 Å². The fourth-order valence-electron chi connectivity index (χ4n) is 4.76. The molecule has 226 valence electrons. The van der Waals surface area contributed by atoms with E-state index in [-0.39, 0.29) is 21.5 Å². The third kappa shape index (κ3) is 6.72. The van der Waals surface area contributed by atoms with Crippen LogP contribution in [-0.4, -0.2) is 51.6 Å². The van der Waals surface area contributed by atoms with Gasteiger partial charge < -0.3 is 14.8 Å². The lowest BCUT2D eigenvalue weighted by Crippen LogP contribution is -2.56. The van der Waals surface area contributed by atoms with Crippen LogP contribution in [0.2, 0.25) is 10.0 Å². The van der Waals surface area contributed by atoms with Gasteiger partial charge in [0.1, 0.15) is 5.75 Å². The van der Waals surface area contributed by atoms with E-state index in [0.717, 1.165) is 6.42 Å². The molecule has 2 atom stereocenters. The minimum Gasteiger partial charge on any atom is -0.455 e. The molecular formula is C28H31Cl2N3O8S. The Morgan fingerprint density at radius 1 is 1.05 bits per heavy atom. The molecule has 1 aliphatic heterocycles. The maximum absolute atomic E-state index is 13.8. The minimum absolute atomic E-state index is 0.0381. The van der Waals surface area contributed by atoms with Crippen molar-refractivity contribution in [2.24, 2.45) is 5.41 Å². The monoisotopic (exact) mass is 639 g/mol. The zero-order valence-electron chi connectivity index (χ0n) is 23.5. The molecule has 1 saturated carbocycles. The van der Waals surface area contributed by atoms with Crippen molar-refractivity contribution < 1.29 is 37.0 Å². The van der Waals surface area contributed by atoms with E-state index in [9.17, 15) is 23.4 Å². The number of hydrogen-bond donors (Lipinski definition) is 2. The van der Waals surface area contributed by atoms with E-state index in [1.807, 2.05) is 0 Å². The molecule has 1 spiro atoms. The van der Waals surface area contributed by atoms with Crippen molar-refractivity contribution in [2.75, 3.05) is 17.1 Å². The van der Waals surface area contributed by atoms with E-state index < -0.39 is 52.0 Å². The number of carbonyl (C=O) groups excluding carboxylic acids is 4. The number of halogens is 2. The zero-order chi connectivity index (χ0) is 30.8. The number of hydrogen-bond acceptors (Lipinski definition) is 8. The highest BCUT2D eigenvalue weighted by molar-refractivity contribution is 7.81. The van der Waals surface area contributed by atoms with E-state index in [1.54, 1.807) is 45.0 Å². The molecular weight excluding hydrogens is 609 g/mol. The first-order valence-corrected chi connectivity index (χ1v) is 15.0. The van der Waals surface area contributed by atoms with Crippen molar-refractivity contribution in [3.8, 4) is 11.5 Å². The van der Waals surface area contributed by atoms with E-state index in [1.165, 1.54) is 19.2 Å². The number of rotatable bonds is 9. The van der Waals surface area contributed by atoms with Crippen LogP contribution in [0.15, 0.2) is 36.4 Å². The zero-order valence-corrected chi connectivity index (χ0v) is 25.8. The molecule has 2 N–H and O–H groups in total. The molecule has 2 aliphatic rings. The molecule has 2 aromatic rings. The molecule has 0 bridgehead atoms. The topological polar surface area (TPSA) is 140 Å². The second-order valence-corrected chi connectivity index (χ2v) is 12.8. The Morgan fingerprint density at radius 3 is 2.26 bits per heavy atom. The summed E-state index contributed by atoms with van der Waals surface area (Å²) in [7, 11) is 1.29. The molecule has 2 fully saturated rings. The van der Waals surface area contributed by atoms with Crippen LogP contribution in [0.5, 0.6) is 11.5 Å². The minimum atomic E-state index is -1.80. The summed E-state index contributed by atoms with van der Waals surface area (Å²) in [5, 5.41) is 2.81. The second-order valence-electron chi connectivity index (χ2n) is 11.0. The molecule has 1 aliphatic carbocycles. The SMILES string of the molecule is COS(=O)Nc1ccc(Oc2cc(Cl)c(Cl)cc2NC(=O)C(C(=O)C(C)(C)C)N2C(=O)OC3(CCCCC3)C2=O)cc1. The first kappa shape index (κ1) is 31.7. The first-order chi connectivity index (χ1) is 19.8. The Morgan fingerprint density at radius 2 is 1.67 bits per heavy atom. The van der Waals surface area contributed by atoms with Crippen LogP contribution in [0.3, 0.4) is 0 Å². The fraction of sp³-hybridized carbons (Fsp3) is 0.429. The maximum Gasteiger partial charge on any atom is 0.418 e. The van der Waals surface area contributed by atoms with Gasteiger partial charge in [0.2, 0.25) is 0 Å². The molecule has 2 aromatic carbocycles. The number of ketones is 1. The first-order valence-electron chi connectivity index (χ1n) is 13.2. The third-order valence-corrected chi connectivity index (χ3v) is 8.39. The second kappa shape index (κ2) is 12.6. The average molecular weight is 641 g/mol. The van der Waals surface area contributed by atoms with Crippen LogP contribution < -0.4 is 14.8 Å². The predicted octanol–water partition coefficient (Wildman–Crippen LogP) is 6.03. The molecule has 14 heteroatoms. The van der Waals surface area contributed by atoms with Crippen LogP contribution >= 0.6 is 23.2 Å². The summed E-state index contributed by atoms with van der Waals surface area (Å²) < 4.78 is 30.4. The highest BCUT2D eigenvalue weighted by atomic mass is 35.5. The van der Waals surface area contributed by atoms with Gasteiger partial charge in [0.25, 0.3) is 23.1 Å². The number of nitrogens with zero attached hydrogens (tertiary/aromatic N) is 1. The normalized spacial score (nSPS) is 17.9. The third-order valence-electron chi connectivity index (χ3n) is 6.96. The number of amides is 3. The highest BCUT2D eigenvalue weighted by Gasteiger charge is 2.59. The quantitative estimate of drug-likeness (QED) is 0.317. The van der Waals surface area contributed by atoms with Gasteiger partial charge in [0, 0.05) is 17.2 Å². The molecule has 3 amide bonds. The summed E-state index contributed by atoms with van der Waals surface area (Å²) in [5.41, 5.74) is -1.94. The fourth-order valence-corrected chi connectivity index (χ4v) is 5.48. The van der Waals surface area contributed by atoms with Gasteiger partial charge in [-0.3, -0.25) is 23.3 Å². The van der Waals surface area contributed by atoms with Gasteiger partial charge in [-0.1, -0.05) is 50.4 Å². The van der Waals surface area contributed by atoms with E-state index in [4.69, 9.17) is 32.7 Å². The number of ether oxygens (including phenoxy) is 2.